The summed E-state index contributed by atoms with van der Waals surface area (Å²) in [4.78, 5) is 0. The molecule has 0 saturated heterocycles. The zero-order valence-electron chi connectivity index (χ0n) is 14.2. The fourth-order valence-electron chi connectivity index (χ4n) is 1.85. The maximum absolute atomic E-state index is 9.90. The molecule has 1 atom stereocenters. The van der Waals surface area contributed by atoms with Crippen LogP contribution in [0.3, 0.4) is 0 Å². The van der Waals surface area contributed by atoms with Crippen molar-refractivity contribution in [2.24, 2.45) is 0 Å². The number of aliphatic hydroxyl groups is 1. The molecule has 2 N–H and O–H groups in total. The minimum Gasteiger partial charge on any atom is -0.490 e. The average Bonchev–Trinajstić information content (AvgIpc) is 2.55. The molecule has 0 aliphatic heterocycles. The van der Waals surface area contributed by atoms with Gasteiger partial charge in [0.25, 0.3) is 0 Å². The lowest BCUT2D eigenvalue weighted by Crippen LogP contribution is -2.35. The van der Waals surface area contributed by atoms with Gasteiger partial charge in [-0.05, 0) is 6.07 Å². The Morgan fingerprint density at radius 3 is 2.70 bits per heavy atom. The number of hydrogen-bond donors (Lipinski definition) is 2. The van der Waals surface area contributed by atoms with Crippen LogP contribution >= 0.6 is 0 Å². The molecule has 1 aromatic rings. The number of benzene rings is 1. The van der Waals surface area contributed by atoms with Crippen molar-refractivity contribution in [2.75, 3.05) is 33.0 Å². The molecule has 130 valence electrons. The Morgan fingerprint density at radius 2 is 1.96 bits per heavy atom. The quantitative estimate of drug-likeness (QED) is 0.430. The third-order valence-electron chi connectivity index (χ3n) is 3.03. The van der Waals surface area contributed by atoms with E-state index in [2.05, 4.69) is 11.9 Å². The molecule has 0 amide bonds. The Bertz CT molecular complexity index is 437. The lowest BCUT2D eigenvalue weighted by Gasteiger charge is -2.16. The van der Waals surface area contributed by atoms with Gasteiger partial charge in [0.2, 0.25) is 0 Å². The number of ether oxygens (including phenoxy) is 3. The number of aliphatic hydroxyl groups excluding tert-OH is 1. The summed E-state index contributed by atoms with van der Waals surface area (Å²) in [5, 5.41) is 13.1. The van der Waals surface area contributed by atoms with E-state index in [1.165, 1.54) is 0 Å². The molecule has 1 rings (SSSR count). The van der Waals surface area contributed by atoms with E-state index in [0.29, 0.717) is 39.0 Å². The van der Waals surface area contributed by atoms with Crippen molar-refractivity contribution in [1.82, 2.24) is 5.32 Å². The standard InChI is InChI=1S/C18H29NO4/c1-4-9-21-10-11-22-13-16-7-5-6-8-18(16)23-14-17(20)12-19-15(2)3/h4-8,15,17,19-20H,1,9-14H2,2-3H3. The predicted octanol–water partition coefficient (Wildman–Crippen LogP) is 2.14. The van der Waals surface area contributed by atoms with E-state index < -0.39 is 6.10 Å². The minimum atomic E-state index is -0.543. The van der Waals surface area contributed by atoms with E-state index >= 15 is 0 Å². The lowest BCUT2D eigenvalue weighted by molar-refractivity contribution is 0.0485. The molecule has 5 nitrogen and oxygen atoms in total. The Balaban J connectivity index is 2.33. The molecule has 0 bridgehead atoms. The van der Waals surface area contributed by atoms with E-state index in [-0.39, 0.29) is 6.61 Å². The predicted molar refractivity (Wildman–Crippen MR) is 91.8 cm³/mol. The first kappa shape index (κ1) is 19.6. The van der Waals surface area contributed by atoms with Gasteiger partial charge in [-0.1, -0.05) is 38.1 Å². The topological polar surface area (TPSA) is 60.0 Å². The normalized spacial score (nSPS) is 12.3. The van der Waals surface area contributed by atoms with Crippen LogP contribution in [-0.2, 0) is 16.1 Å². The summed E-state index contributed by atoms with van der Waals surface area (Å²) in [6, 6.07) is 8.03. The number of rotatable bonds is 13. The summed E-state index contributed by atoms with van der Waals surface area (Å²) in [5.74, 6) is 0.739. The summed E-state index contributed by atoms with van der Waals surface area (Å²) in [6.07, 6.45) is 1.17. The Hall–Kier alpha value is -1.40. The van der Waals surface area contributed by atoms with Crippen molar-refractivity contribution in [2.45, 2.75) is 32.6 Å². The highest BCUT2D eigenvalue weighted by atomic mass is 16.5. The van der Waals surface area contributed by atoms with Crippen LogP contribution in [0.4, 0.5) is 0 Å². The fourth-order valence-corrected chi connectivity index (χ4v) is 1.85. The van der Waals surface area contributed by atoms with Crippen LogP contribution in [0.1, 0.15) is 19.4 Å². The molecule has 1 unspecified atom stereocenters. The van der Waals surface area contributed by atoms with Crippen molar-refractivity contribution < 1.29 is 19.3 Å². The Labute approximate surface area is 139 Å². The highest BCUT2D eigenvalue weighted by Crippen LogP contribution is 2.19. The third-order valence-corrected chi connectivity index (χ3v) is 3.03. The van der Waals surface area contributed by atoms with Crippen LogP contribution in [0.15, 0.2) is 36.9 Å². The van der Waals surface area contributed by atoms with Gasteiger partial charge in [-0.3, -0.25) is 0 Å². The first-order valence-electron chi connectivity index (χ1n) is 8.02. The molecular formula is C18H29NO4. The summed E-state index contributed by atoms with van der Waals surface area (Å²) in [7, 11) is 0. The SMILES string of the molecule is C=CCOCCOCc1ccccc1OCC(O)CNC(C)C. The molecule has 0 aromatic heterocycles. The van der Waals surface area contributed by atoms with E-state index in [4.69, 9.17) is 14.2 Å². The van der Waals surface area contributed by atoms with Gasteiger partial charge in [0.15, 0.2) is 0 Å². The maximum atomic E-state index is 9.90. The molecule has 0 spiro atoms. The van der Waals surface area contributed by atoms with Crippen LogP contribution in [0.25, 0.3) is 0 Å². The monoisotopic (exact) mass is 323 g/mol. The van der Waals surface area contributed by atoms with Crippen molar-refractivity contribution in [3.63, 3.8) is 0 Å². The molecule has 0 fully saturated rings. The zero-order chi connectivity index (χ0) is 16.9. The summed E-state index contributed by atoms with van der Waals surface area (Å²) < 4.78 is 16.6. The van der Waals surface area contributed by atoms with Crippen molar-refractivity contribution in [1.29, 1.82) is 0 Å². The summed E-state index contributed by atoms with van der Waals surface area (Å²) >= 11 is 0. The van der Waals surface area contributed by atoms with Gasteiger partial charge in [0, 0.05) is 18.2 Å². The van der Waals surface area contributed by atoms with Crippen LogP contribution in [0.2, 0.25) is 0 Å². The van der Waals surface area contributed by atoms with Gasteiger partial charge in [-0.2, -0.15) is 0 Å². The average molecular weight is 323 g/mol. The minimum absolute atomic E-state index is 0.249. The van der Waals surface area contributed by atoms with Gasteiger partial charge in [-0.25, -0.2) is 0 Å². The second-order valence-corrected chi connectivity index (χ2v) is 5.55. The summed E-state index contributed by atoms with van der Waals surface area (Å²) in [6.45, 7) is 10.5. The second-order valence-electron chi connectivity index (χ2n) is 5.55. The fraction of sp³-hybridized carbons (Fsp3) is 0.556. The van der Waals surface area contributed by atoms with Crippen molar-refractivity contribution in [3.8, 4) is 5.75 Å². The molecule has 0 saturated carbocycles. The number of para-hydroxylation sites is 1. The van der Waals surface area contributed by atoms with Crippen LogP contribution in [-0.4, -0.2) is 50.2 Å². The summed E-state index contributed by atoms with van der Waals surface area (Å²) in [5.41, 5.74) is 0.959. The largest absolute Gasteiger partial charge is 0.490 e. The van der Waals surface area contributed by atoms with E-state index in [1.54, 1.807) is 6.08 Å². The maximum Gasteiger partial charge on any atom is 0.124 e. The van der Waals surface area contributed by atoms with E-state index in [9.17, 15) is 5.11 Å². The van der Waals surface area contributed by atoms with Gasteiger partial charge in [0.1, 0.15) is 18.5 Å². The first-order valence-corrected chi connectivity index (χ1v) is 8.02. The number of nitrogens with one attached hydrogen (secondary N) is 1. The van der Waals surface area contributed by atoms with Gasteiger partial charge >= 0.3 is 0 Å². The molecular weight excluding hydrogens is 294 g/mol. The highest BCUT2D eigenvalue weighted by molar-refractivity contribution is 5.32. The molecule has 0 radical (unpaired) electrons. The van der Waals surface area contributed by atoms with Crippen LogP contribution < -0.4 is 10.1 Å². The molecule has 0 aliphatic carbocycles. The van der Waals surface area contributed by atoms with E-state index in [1.807, 2.05) is 38.1 Å². The molecule has 23 heavy (non-hydrogen) atoms. The van der Waals surface area contributed by atoms with Crippen molar-refractivity contribution in [3.05, 3.63) is 42.5 Å². The zero-order valence-corrected chi connectivity index (χ0v) is 14.2. The highest BCUT2D eigenvalue weighted by Gasteiger charge is 2.08. The number of hydrogen-bond acceptors (Lipinski definition) is 5. The van der Waals surface area contributed by atoms with Gasteiger partial charge < -0.3 is 24.6 Å². The van der Waals surface area contributed by atoms with Crippen LogP contribution in [0.5, 0.6) is 5.75 Å². The Morgan fingerprint density at radius 1 is 1.22 bits per heavy atom. The molecule has 1 aromatic carbocycles. The molecule has 0 heterocycles. The van der Waals surface area contributed by atoms with Gasteiger partial charge in [0.05, 0.1) is 26.4 Å². The second kappa shape index (κ2) is 12.1. The Kier molecular flexibility index (Phi) is 10.3. The van der Waals surface area contributed by atoms with Crippen LogP contribution in [0, 0.1) is 0 Å². The first-order chi connectivity index (χ1) is 11.1. The lowest BCUT2D eigenvalue weighted by atomic mass is 10.2. The van der Waals surface area contributed by atoms with Crippen molar-refractivity contribution >= 4 is 0 Å². The van der Waals surface area contributed by atoms with E-state index in [0.717, 1.165) is 11.3 Å². The molecule has 5 heteroatoms. The smallest absolute Gasteiger partial charge is 0.124 e. The third kappa shape index (κ3) is 9.36. The molecule has 0 aliphatic rings. The van der Waals surface area contributed by atoms with Gasteiger partial charge in [-0.15, -0.1) is 6.58 Å².